The second-order valence-corrected chi connectivity index (χ2v) is 5.88. The predicted molar refractivity (Wildman–Crippen MR) is 83.1 cm³/mol. The van der Waals surface area contributed by atoms with Crippen LogP contribution in [0.5, 0.6) is 5.75 Å². The fourth-order valence-corrected chi connectivity index (χ4v) is 2.57. The maximum atomic E-state index is 12.1. The third kappa shape index (κ3) is 3.88. The minimum absolute atomic E-state index is 0.0962. The van der Waals surface area contributed by atoms with Gasteiger partial charge in [0, 0.05) is 38.4 Å². The lowest BCUT2D eigenvalue weighted by Crippen LogP contribution is -2.50. The Balaban J connectivity index is 1.45. The molecule has 6 nitrogen and oxygen atoms in total. The normalized spacial score (nSPS) is 18.4. The number of amides is 1. The van der Waals surface area contributed by atoms with E-state index in [9.17, 15) is 4.79 Å². The molecule has 1 aliphatic heterocycles. The van der Waals surface area contributed by atoms with Crippen molar-refractivity contribution in [1.82, 2.24) is 9.88 Å². The Morgan fingerprint density at radius 1 is 1.32 bits per heavy atom. The number of nitrogens with zero attached hydrogens (tertiary/aromatic N) is 3. The lowest BCUT2D eigenvalue weighted by molar-refractivity contribution is -0.136. The van der Waals surface area contributed by atoms with E-state index in [4.69, 9.17) is 9.47 Å². The largest absolute Gasteiger partial charge is 0.497 e. The fraction of sp³-hybridized carbons (Fsp3) is 0.625. The van der Waals surface area contributed by atoms with Crippen LogP contribution >= 0.6 is 0 Å². The van der Waals surface area contributed by atoms with Gasteiger partial charge in [-0.1, -0.05) is 0 Å². The molecule has 1 aromatic rings. The predicted octanol–water partition coefficient (Wildman–Crippen LogP) is 1.17. The lowest BCUT2D eigenvalue weighted by atomic mass is 10.3. The molecule has 0 aromatic carbocycles. The molecule has 6 heteroatoms. The maximum absolute atomic E-state index is 12.1. The minimum Gasteiger partial charge on any atom is -0.497 e. The van der Waals surface area contributed by atoms with Gasteiger partial charge in [-0.2, -0.15) is 0 Å². The summed E-state index contributed by atoms with van der Waals surface area (Å²) in [6.45, 7) is 3.95. The highest BCUT2D eigenvalue weighted by molar-refractivity contribution is 5.77. The summed E-state index contributed by atoms with van der Waals surface area (Å²) in [7, 11) is 1.65. The number of hydrogen-bond acceptors (Lipinski definition) is 5. The number of pyridine rings is 1. The quantitative estimate of drug-likeness (QED) is 0.789. The highest BCUT2D eigenvalue weighted by Gasteiger charge is 2.24. The van der Waals surface area contributed by atoms with Crippen LogP contribution in [0.4, 0.5) is 5.82 Å². The first-order chi connectivity index (χ1) is 10.8. The molecule has 1 aromatic heterocycles. The van der Waals surface area contributed by atoms with Crippen LogP contribution in [0, 0.1) is 5.92 Å². The molecule has 0 unspecified atom stereocenters. The summed E-state index contributed by atoms with van der Waals surface area (Å²) in [6, 6.07) is 3.76. The SMILES string of the molecule is COc1ccnc(N2CCN(C(=O)COCC3CC3)CC2)c1. The molecular weight excluding hydrogens is 282 g/mol. The molecule has 120 valence electrons. The van der Waals surface area contributed by atoms with Crippen molar-refractivity contribution in [3.63, 3.8) is 0 Å². The van der Waals surface area contributed by atoms with Crippen molar-refractivity contribution in [1.29, 1.82) is 0 Å². The topological polar surface area (TPSA) is 54.9 Å². The number of carbonyl (C=O) groups is 1. The first-order valence-electron chi connectivity index (χ1n) is 7.87. The molecule has 1 aliphatic carbocycles. The van der Waals surface area contributed by atoms with E-state index in [1.54, 1.807) is 13.3 Å². The molecular formula is C16H23N3O3. The van der Waals surface area contributed by atoms with Crippen molar-refractivity contribution in [2.45, 2.75) is 12.8 Å². The smallest absolute Gasteiger partial charge is 0.248 e. The summed E-state index contributed by atoms with van der Waals surface area (Å²) >= 11 is 0. The lowest BCUT2D eigenvalue weighted by Gasteiger charge is -2.35. The van der Waals surface area contributed by atoms with Gasteiger partial charge in [-0.15, -0.1) is 0 Å². The number of anilines is 1. The summed E-state index contributed by atoms with van der Waals surface area (Å²) in [5.41, 5.74) is 0. The second kappa shape index (κ2) is 6.96. The van der Waals surface area contributed by atoms with Gasteiger partial charge in [0.1, 0.15) is 18.2 Å². The summed E-state index contributed by atoms with van der Waals surface area (Å²) in [5.74, 6) is 2.50. The Labute approximate surface area is 131 Å². The molecule has 0 radical (unpaired) electrons. The molecule has 1 saturated heterocycles. The second-order valence-electron chi connectivity index (χ2n) is 5.88. The van der Waals surface area contributed by atoms with E-state index >= 15 is 0 Å². The molecule has 0 atom stereocenters. The van der Waals surface area contributed by atoms with Gasteiger partial charge in [-0.05, 0) is 24.8 Å². The van der Waals surface area contributed by atoms with Crippen LogP contribution < -0.4 is 9.64 Å². The van der Waals surface area contributed by atoms with Gasteiger partial charge < -0.3 is 19.3 Å². The van der Waals surface area contributed by atoms with E-state index in [-0.39, 0.29) is 12.5 Å². The molecule has 0 N–H and O–H groups in total. The van der Waals surface area contributed by atoms with Crippen molar-refractivity contribution in [2.75, 3.05) is 51.4 Å². The Morgan fingerprint density at radius 3 is 2.77 bits per heavy atom. The van der Waals surface area contributed by atoms with Crippen LogP contribution in [0.2, 0.25) is 0 Å². The standard InChI is InChI=1S/C16H23N3O3/c1-21-14-4-5-17-15(10-14)18-6-8-19(9-7-18)16(20)12-22-11-13-2-3-13/h4-5,10,13H,2-3,6-9,11-12H2,1H3. The third-order valence-corrected chi connectivity index (χ3v) is 4.19. The molecule has 0 bridgehead atoms. The fourth-order valence-electron chi connectivity index (χ4n) is 2.57. The van der Waals surface area contributed by atoms with Crippen molar-refractivity contribution in [3.05, 3.63) is 18.3 Å². The van der Waals surface area contributed by atoms with Crippen molar-refractivity contribution < 1.29 is 14.3 Å². The summed E-state index contributed by atoms with van der Waals surface area (Å²) in [6.07, 6.45) is 4.25. The average molecular weight is 305 g/mol. The van der Waals surface area contributed by atoms with Crippen LogP contribution in [0.3, 0.4) is 0 Å². The van der Waals surface area contributed by atoms with Gasteiger partial charge in [0.25, 0.3) is 0 Å². The summed E-state index contributed by atoms with van der Waals surface area (Å²) in [4.78, 5) is 20.5. The zero-order chi connectivity index (χ0) is 15.4. The molecule has 1 saturated carbocycles. The van der Waals surface area contributed by atoms with Gasteiger partial charge in [0.2, 0.25) is 5.91 Å². The molecule has 2 aliphatic rings. The number of methoxy groups -OCH3 is 1. The summed E-state index contributed by atoms with van der Waals surface area (Å²) < 4.78 is 10.7. The Morgan fingerprint density at radius 2 is 2.09 bits per heavy atom. The number of rotatable bonds is 6. The minimum atomic E-state index is 0.0962. The van der Waals surface area contributed by atoms with Gasteiger partial charge in [0.15, 0.2) is 0 Å². The Bertz CT molecular complexity index is 511. The number of hydrogen-bond donors (Lipinski definition) is 0. The van der Waals surface area contributed by atoms with Gasteiger partial charge in [-0.3, -0.25) is 4.79 Å². The Kier molecular flexibility index (Phi) is 4.77. The van der Waals surface area contributed by atoms with Crippen molar-refractivity contribution in [2.24, 2.45) is 5.92 Å². The van der Waals surface area contributed by atoms with E-state index in [1.165, 1.54) is 12.8 Å². The first-order valence-corrected chi connectivity index (χ1v) is 7.87. The zero-order valence-electron chi connectivity index (χ0n) is 13.0. The van der Waals surface area contributed by atoms with Crippen LogP contribution in [0.25, 0.3) is 0 Å². The van der Waals surface area contributed by atoms with Crippen LogP contribution in [-0.4, -0.2) is 62.3 Å². The van der Waals surface area contributed by atoms with Gasteiger partial charge in [0.05, 0.1) is 13.7 Å². The van der Waals surface area contributed by atoms with Crippen molar-refractivity contribution in [3.8, 4) is 5.75 Å². The highest BCUT2D eigenvalue weighted by Crippen LogP contribution is 2.28. The van der Waals surface area contributed by atoms with Gasteiger partial charge >= 0.3 is 0 Å². The third-order valence-electron chi connectivity index (χ3n) is 4.19. The molecule has 2 fully saturated rings. The van der Waals surface area contributed by atoms with Crippen LogP contribution in [0.1, 0.15) is 12.8 Å². The number of ether oxygens (including phenoxy) is 2. The van der Waals surface area contributed by atoms with Crippen LogP contribution in [0.15, 0.2) is 18.3 Å². The van der Waals surface area contributed by atoms with E-state index in [0.717, 1.165) is 31.3 Å². The monoisotopic (exact) mass is 305 g/mol. The number of piperazine rings is 1. The number of aromatic nitrogens is 1. The maximum Gasteiger partial charge on any atom is 0.248 e. The number of carbonyl (C=O) groups excluding carboxylic acids is 1. The Hall–Kier alpha value is -1.82. The van der Waals surface area contributed by atoms with E-state index in [0.29, 0.717) is 19.0 Å². The highest BCUT2D eigenvalue weighted by atomic mass is 16.5. The molecule has 22 heavy (non-hydrogen) atoms. The first kappa shape index (κ1) is 15.1. The molecule has 1 amide bonds. The van der Waals surface area contributed by atoms with Crippen molar-refractivity contribution >= 4 is 11.7 Å². The van der Waals surface area contributed by atoms with Gasteiger partial charge in [-0.25, -0.2) is 4.98 Å². The van der Waals surface area contributed by atoms with E-state index in [1.807, 2.05) is 17.0 Å². The summed E-state index contributed by atoms with van der Waals surface area (Å²) in [5, 5.41) is 0. The zero-order valence-corrected chi connectivity index (χ0v) is 13.0. The van der Waals surface area contributed by atoms with E-state index in [2.05, 4.69) is 9.88 Å². The molecule has 0 spiro atoms. The van der Waals surface area contributed by atoms with Crippen LogP contribution in [-0.2, 0) is 9.53 Å². The average Bonchev–Trinajstić information content (AvgIpc) is 3.39. The molecule has 3 rings (SSSR count). The van der Waals surface area contributed by atoms with E-state index < -0.39 is 0 Å². The molecule has 2 heterocycles.